The lowest BCUT2D eigenvalue weighted by Gasteiger charge is -2.42. The molecule has 0 bridgehead atoms. The summed E-state index contributed by atoms with van der Waals surface area (Å²) in [6.45, 7) is 6.94. The molecule has 2 fully saturated rings. The number of carbonyl (C=O) groups excluding carboxylic acids is 1. The number of amides is 1. The summed E-state index contributed by atoms with van der Waals surface area (Å²) >= 11 is 0. The number of piperazine rings is 1. The van der Waals surface area contributed by atoms with Crippen LogP contribution in [0.3, 0.4) is 0 Å². The monoisotopic (exact) mass is 579 g/mol. The van der Waals surface area contributed by atoms with E-state index in [1.54, 1.807) is 12.4 Å². The lowest BCUT2D eigenvalue weighted by molar-refractivity contribution is -0.139. The standard InChI is InChI=1S/C34H38FN7O/c1-22(2)41-16-15-39(20-31(41)43)26-8-10-27(11-9-26)42-19-28(32-33(36)37-21-38-34(32)42)23-7-12-30-24(17-23)13-14-40(30)18-25-5-3-4-6-29(25)35/h3-7,12-14,17,19,21-22,26-27H,8-11,15-16,18,20H2,1-2H3,(H2,36,37,38)/t26-,27+. The molecule has 9 heteroatoms. The zero-order valence-electron chi connectivity index (χ0n) is 24.8. The lowest BCUT2D eigenvalue weighted by Crippen LogP contribution is -2.55. The fraction of sp³-hybridized carbons (Fsp3) is 0.382. The van der Waals surface area contributed by atoms with Gasteiger partial charge in [-0.05, 0) is 69.4 Å². The Morgan fingerprint density at radius 3 is 2.56 bits per heavy atom. The van der Waals surface area contributed by atoms with Crippen LogP contribution in [0.25, 0.3) is 33.1 Å². The van der Waals surface area contributed by atoms with Gasteiger partial charge in [0.2, 0.25) is 5.91 Å². The van der Waals surface area contributed by atoms with E-state index in [1.165, 1.54) is 6.07 Å². The smallest absolute Gasteiger partial charge is 0.237 e. The van der Waals surface area contributed by atoms with Crippen LogP contribution in [0.5, 0.6) is 0 Å². The van der Waals surface area contributed by atoms with Crippen LogP contribution in [0.15, 0.2) is 67.3 Å². The summed E-state index contributed by atoms with van der Waals surface area (Å²) in [5.41, 5.74) is 11.1. The minimum absolute atomic E-state index is 0.194. The van der Waals surface area contributed by atoms with E-state index in [2.05, 4.69) is 63.3 Å². The van der Waals surface area contributed by atoms with Gasteiger partial charge < -0.3 is 19.8 Å². The molecular weight excluding hydrogens is 541 g/mol. The molecule has 0 radical (unpaired) electrons. The van der Waals surface area contributed by atoms with Gasteiger partial charge in [-0.1, -0.05) is 24.3 Å². The minimum Gasteiger partial charge on any atom is -0.383 e. The summed E-state index contributed by atoms with van der Waals surface area (Å²) in [5, 5.41) is 1.96. The van der Waals surface area contributed by atoms with Gasteiger partial charge in [0.15, 0.2) is 0 Å². The predicted molar refractivity (Wildman–Crippen MR) is 168 cm³/mol. The second-order valence-electron chi connectivity index (χ2n) is 12.3. The molecule has 1 aliphatic heterocycles. The molecule has 2 aromatic carbocycles. The number of benzene rings is 2. The molecule has 1 saturated carbocycles. The summed E-state index contributed by atoms with van der Waals surface area (Å²) in [6, 6.07) is 16.4. The largest absolute Gasteiger partial charge is 0.383 e. The molecule has 5 aromatic rings. The molecule has 43 heavy (non-hydrogen) atoms. The van der Waals surface area contributed by atoms with Crippen molar-refractivity contribution in [2.24, 2.45) is 0 Å². The normalized spacial score (nSPS) is 20.1. The summed E-state index contributed by atoms with van der Waals surface area (Å²) in [6.07, 6.45) is 9.91. The van der Waals surface area contributed by atoms with Gasteiger partial charge in [0.05, 0.1) is 18.5 Å². The predicted octanol–water partition coefficient (Wildman–Crippen LogP) is 5.86. The van der Waals surface area contributed by atoms with Gasteiger partial charge >= 0.3 is 0 Å². The Hall–Kier alpha value is -4.24. The molecule has 0 atom stereocenters. The first-order valence-corrected chi connectivity index (χ1v) is 15.3. The first kappa shape index (κ1) is 27.6. The highest BCUT2D eigenvalue weighted by atomic mass is 19.1. The average Bonchev–Trinajstić information content (AvgIpc) is 3.60. The van der Waals surface area contributed by atoms with Crippen LogP contribution in [-0.4, -0.2) is 66.5 Å². The molecule has 7 rings (SSSR count). The van der Waals surface area contributed by atoms with E-state index in [0.29, 0.717) is 36.6 Å². The average molecular weight is 580 g/mol. The molecule has 222 valence electrons. The molecule has 1 saturated heterocycles. The molecular formula is C34H38FN7O. The van der Waals surface area contributed by atoms with Gasteiger partial charge in [-0.15, -0.1) is 0 Å². The van der Waals surface area contributed by atoms with Crippen LogP contribution >= 0.6 is 0 Å². The van der Waals surface area contributed by atoms with Crippen molar-refractivity contribution in [3.63, 3.8) is 0 Å². The number of aromatic nitrogens is 4. The number of nitrogens with two attached hydrogens (primary N) is 1. The highest BCUT2D eigenvalue weighted by Crippen LogP contribution is 2.39. The molecule has 2 aliphatic rings. The quantitative estimate of drug-likeness (QED) is 0.273. The van der Waals surface area contributed by atoms with Crippen molar-refractivity contribution in [3.8, 4) is 11.1 Å². The number of fused-ring (bicyclic) bond motifs is 2. The zero-order chi connectivity index (χ0) is 29.7. The third-order valence-corrected chi connectivity index (χ3v) is 9.51. The Morgan fingerprint density at radius 2 is 1.79 bits per heavy atom. The molecule has 1 amide bonds. The summed E-state index contributed by atoms with van der Waals surface area (Å²) in [7, 11) is 0. The minimum atomic E-state index is -0.194. The van der Waals surface area contributed by atoms with Crippen molar-refractivity contribution in [2.75, 3.05) is 25.4 Å². The summed E-state index contributed by atoms with van der Waals surface area (Å²) in [5.74, 6) is 0.530. The number of hydrogen-bond donors (Lipinski definition) is 1. The zero-order valence-corrected chi connectivity index (χ0v) is 24.8. The maximum absolute atomic E-state index is 14.3. The summed E-state index contributed by atoms with van der Waals surface area (Å²) < 4.78 is 18.7. The van der Waals surface area contributed by atoms with Gasteiger partial charge in [-0.3, -0.25) is 9.69 Å². The first-order valence-electron chi connectivity index (χ1n) is 15.3. The Bertz CT molecular complexity index is 1800. The second-order valence-corrected chi connectivity index (χ2v) is 12.3. The first-order chi connectivity index (χ1) is 20.9. The number of carbonyl (C=O) groups is 1. The number of nitrogen functional groups attached to an aromatic ring is 1. The lowest BCUT2D eigenvalue weighted by atomic mass is 9.89. The number of hydrogen-bond acceptors (Lipinski definition) is 5. The Balaban J connectivity index is 1.14. The summed E-state index contributed by atoms with van der Waals surface area (Å²) in [4.78, 5) is 26.1. The van der Waals surface area contributed by atoms with Crippen LogP contribution < -0.4 is 5.73 Å². The van der Waals surface area contributed by atoms with Gasteiger partial charge in [0.1, 0.15) is 23.6 Å². The van der Waals surface area contributed by atoms with Crippen molar-refractivity contribution in [1.29, 1.82) is 0 Å². The number of anilines is 1. The SMILES string of the molecule is CC(C)N1CCN([C@H]2CC[C@@H](n3cc(-c4ccc5c(ccn5Cc5ccccc5F)c4)c4c(N)ncnc43)CC2)CC1=O. The Morgan fingerprint density at radius 1 is 1.00 bits per heavy atom. The van der Waals surface area contributed by atoms with Gasteiger partial charge in [-0.25, -0.2) is 14.4 Å². The van der Waals surface area contributed by atoms with E-state index >= 15 is 0 Å². The molecule has 0 unspecified atom stereocenters. The topological polar surface area (TPSA) is 85.2 Å². The highest BCUT2D eigenvalue weighted by molar-refractivity contribution is 6.02. The van der Waals surface area contributed by atoms with E-state index in [1.807, 2.05) is 23.2 Å². The number of halogens is 1. The third kappa shape index (κ3) is 5.05. The molecule has 8 nitrogen and oxygen atoms in total. The molecule has 2 N–H and O–H groups in total. The molecule has 1 aliphatic carbocycles. The van der Waals surface area contributed by atoms with Crippen LogP contribution in [0.2, 0.25) is 0 Å². The van der Waals surface area contributed by atoms with Crippen molar-refractivity contribution in [2.45, 2.75) is 64.2 Å². The Labute approximate surface area is 250 Å². The fourth-order valence-electron chi connectivity index (χ4n) is 7.19. The van der Waals surface area contributed by atoms with E-state index in [9.17, 15) is 9.18 Å². The van der Waals surface area contributed by atoms with Crippen molar-refractivity contribution < 1.29 is 9.18 Å². The van der Waals surface area contributed by atoms with Crippen molar-refractivity contribution in [3.05, 3.63) is 78.6 Å². The van der Waals surface area contributed by atoms with Crippen molar-refractivity contribution >= 4 is 33.7 Å². The van der Waals surface area contributed by atoms with Crippen LogP contribution in [0.1, 0.15) is 51.1 Å². The van der Waals surface area contributed by atoms with Gasteiger partial charge in [0.25, 0.3) is 0 Å². The van der Waals surface area contributed by atoms with E-state index in [4.69, 9.17) is 10.7 Å². The van der Waals surface area contributed by atoms with Crippen LogP contribution in [0.4, 0.5) is 10.2 Å². The molecule has 0 spiro atoms. The van der Waals surface area contributed by atoms with Crippen LogP contribution in [0, 0.1) is 5.82 Å². The highest BCUT2D eigenvalue weighted by Gasteiger charge is 2.33. The molecule has 3 aromatic heterocycles. The maximum Gasteiger partial charge on any atom is 0.237 e. The van der Waals surface area contributed by atoms with Gasteiger partial charge in [0, 0.05) is 65.6 Å². The van der Waals surface area contributed by atoms with Crippen molar-refractivity contribution in [1.82, 2.24) is 28.9 Å². The Kier molecular flexibility index (Phi) is 7.13. The maximum atomic E-state index is 14.3. The number of nitrogens with zero attached hydrogens (tertiary/aromatic N) is 6. The second kappa shape index (κ2) is 11.1. The molecule has 4 heterocycles. The van der Waals surface area contributed by atoms with E-state index in [0.717, 1.165) is 71.8 Å². The fourth-order valence-corrected chi connectivity index (χ4v) is 7.19. The van der Waals surface area contributed by atoms with E-state index in [-0.39, 0.29) is 17.8 Å². The van der Waals surface area contributed by atoms with Crippen LogP contribution in [-0.2, 0) is 11.3 Å². The third-order valence-electron chi connectivity index (χ3n) is 9.51. The van der Waals surface area contributed by atoms with E-state index < -0.39 is 0 Å². The number of rotatable bonds is 6. The van der Waals surface area contributed by atoms with Gasteiger partial charge in [-0.2, -0.15) is 0 Å².